The highest BCUT2D eigenvalue weighted by Crippen LogP contribution is 2.32. The number of nitrogens with one attached hydrogen (secondary N) is 2. The number of imide groups is 1. The molecule has 0 spiro atoms. The lowest BCUT2D eigenvalue weighted by Gasteiger charge is -2.25. The molecule has 7 heteroatoms. The van der Waals surface area contributed by atoms with E-state index in [4.69, 9.17) is 5.11 Å². The van der Waals surface area contributed by atoms with Crippen LogP contribution in [0.1, 0.15) is 18.9 Å². The topological polar surface area (TPSA) is 98.7 Å². The van der Waals surface area contributed by atoms with Crippen molar-refractivity contribution in [1.29, 1.82) is 0 Å². The van der Waals surface area contributed by atoms with Crippen LogP contribution in [0.15, 0.2) is 30.3 Å². The minimum absolute atomic E-state index is 0.0834. The van der Waals surface area contributed by atoms with Crippen molar-refractivity contribution in [3.63, 3.8) is 0 Å². The Morgan fingerprint density at radius 1 is 1.32 bits per heavy atom. The van der Waals surface area contributed by atoms with E-state index in [1.165, 1.54) is 0 Å². The van der Waals surface area contributed by atoms with Gasteiger partial charge in [0.1, 0.15) is 12.1 Å². The summed E-state index contributed by atoms with van der Waals surface area (Å²) in [4.78, 5) is 37.4. The summed E-state index contributed by atoms with van der Waals surface area (Å²) in [7, 11) is 0. The molecule has 7 nitrogen and oxygen atoms in total. The van der Waals surface area contributed by atoms with Crippen LogP contribution in [0.5, 0.6) is 0 Å². The molecule has 0 bridgehead atoms. The van der Waals surface area contributed by atoms with Crippen LogP contribution < -0.4 is 10.6 Å². The summed E-state index contributed by atoms with van der Waals surface area (Å²) in [5, 5.41) is 13.8. The Balaban J connectivity index is 2.22. The zero-order valence-electron chi connectivity index (χ0n) is 12.3. The van der Waals surface area contributed by atoms with Crippen LogP contribution in [0.2, 0.25) is 0 Å². The Morgan fingerprint density at radius 2 is 2.00 bits per heavy atom. The molecule has 118 valence electrons. The highest BCUT2D eigenvalue weighted by molar-refractivity contribution is 6.09. The molecule has 0 radical (unpaired) electrons. The molecule has 1 saturated heterocycles. The average molecular weight is 305 g/mol. The number of urea groups is 1. The SMILES string of the molecule is CC[C@]1(c2ccccc2)NC(=O)N(CC(=O)NCCO)C1=O. The Morgan fingerprint density at radius 3 is 2.59 bits per heavy atom. The van der Waals surface area contributed by atoms with Gasteiger partial charge in [0.05, 0.1) is 6.61 Å². The molecule has 22 heavy (non-hydrogen) atoms. The first kappa shape index (κ1) is 16.0. The molecule has 0 aromatic heterocycles. The van der Waals surface area contributed by atoms with Gasteiger partial charge in [0.15, 0.2) is 0 Å². The first-order chi connectivity index (χ1) is 10.5. The molecule has 1 aliphatic heterocycles. The van der Waals surface area contributed by atoms with E-state index in [1.807, 2.05) is 6.07 Å². The maximum atomic E-state index is 12.7. The van der Waals surface area contributed by atoms with Crippen molar-refractivity contribution in [1.82, 2.24) is 15.5 Å². The molecule has 1 aliphatic rings. The van der Waals surface area contributed by atoms with Gasteiger partial charge in [0, 0.05) is 6.54 Å². The predicted molar refractivity (Wildman–Crippen MR) is 78.8 cm³/mol. The summed E-state index contributed by atoms with van der Waals surface area (Å²) >= 11 is 0. The second kappa shape index (κ2) is 6.57. The van der Waals surface area contributed by atoms with Crippen LogP contribution in [0.3, 0.4) is 0 Å². The summed E-state index contributed by atoms with van der Waals surface area (Å²) < 4.78 is 0. The van der Waals surface area contributed by atoms with Gasteiger partial charge in [0.25, 0.3) is 5.91 Å². The van der Waals surface area contributed by atoms with Crippen LogP contribution >= 0.6 is 0 Å². The second-order valence-electron chi connectivity index (χ2n) is 5.02. The minimum Gasteiger partial charge on any atom is -0.395 e. The van der Waals surface area contributed by atoms with E-state index in [0.717, 1.165) is 4.90 Å². The van der Waals surface area contributed by atoms with Crippen LogP contribution in [0.4, 0.5) is 4.79 Å². The Hall–Kier alpha value is -2.41. The van der Waals surface area contributed by atoms with Gasteiger partial charge in [-0.05, 0) is 12.0 Å². The molecule has 4 amide bonds. The maximum absolute atomic E-state index is 12.7. The number of carbonyl (C=O) groups is 3. The molecule has 1 heterocycles. The third-order valence-corrected chi connectivity index (χ3v) is 3.71. The van der Waals surface area contributed by atoms with Crippen molar-refractivity contribution in [2.45, 2.75) is 18.9 Å². The standard InChI is InChI=1S/C15H19N3O4/c1-2-15(11-6-4-3-5-7-11)13(21)18(14(22)17-15)10-12(20)16-8-9-19/h3-7,19H,2,8-10H2,1H3,(H,16,20)(H,17,22)/t15-/m1/s1. The number of aliphatic hydroxyl groups excluding tert-OH is 1. The fourth-order valence-corrected chi connectivity index (χ4v) is 2.53. The zero-order chi connectivity index (χ0) is 16.2. The molecule has 1 aromatic rings. The minimum atomic E-state index is -1.13. The van der Waals surface area contributed by atoms with Crippen molar-refractivity contribution in [2.75, 3.05) is 19.7 Å². The number of amides is 4. The number of nitrogens with zero attached hydrogens (tertiary/aromatic N) is 1. The molecule has 3 N–H and O–H groups in total. The lowest BCUT2D eigenvalue weighted by atomic mass is 9.87. The third kappa shape index (κ3) is 2.80. The van der Waals surface area contributed by atoms with Gasteiger partial charge < -0.3 is 15.7 Å². The Bertz CT molecular complexity index is 575. The first-order valence-corrected chi connectivity index (χ1v) is 7.12. The van der Waals surface area contributed by atoms with Crippen molar-refractivity contribution < 1.29 is 19.5 Å². The lowest BCUT2D eigenvalue weighted by Crippen LogP contribution is -2.45. The molecular formula is C15H19N3O4. The Labute approximate surface area is 128 Å². The highest BCUT2D eigenvalue weighted by atomic mass is 16.3. The van der Waals surface area contributed by atoms with Crippen molar-refractivity contribution in [3.8, 4) is 0 Å². The van der Waals surface area contributed by atoms with Crippen LogP contribution in [-0.4, -0.2) is 47.5 Å². The monoisotopic (exact) mass is 305 g/mol. The van der Waals surface area contributed by atoms with E-state index in [0.29, 0.717) is 12.0 Å². The third-order valence-electron chi connectivity index (χ3n) is 3.71. The maximum Gasteiger partial charge on any atom is 0.325 e. The number of carbonyl (C=O) groups excluding carboxylic acids is 3. The summed E-state index contributed by atoms with van der Waals surface area (Å²) in [6.45, 7) is 1.33. The van der Waals surface area contributed by atoms with Crippen molar-refractivity contribution in [2.24, 2.45) is 0 Å². The Kier molecular flexibility index (Phi) is 4.77. The molecule has 0 aliphatic carbocycles. The van der Waals surface area contributed by atoms with Crippen molar-refractivity contribution in [3.05, 3.63) is 35.9 Å². The largest absolute Gasteiger partial charge is 0.395 e. The van der Waals surface area contributed by atoms with Gasteiger partial charge in [-0.1, -0.05) is 37.3 Å². The lowest BCUT2D eigenvalue weighted by molar-refractivity contribution is -0.135. The fourth-order valence-electron chi connectivity index (χ4n) is 2.53. The molecule has 0 saturated carbocycles. The number of hydrogen-bond donors (Lipinski definition) is 3. The first-order valence-electron chi connectivity index (χ1n) is 7.12. The van der Waals surface area contributed by atoms with E-state index < -0.39 is 23.4 Å². The number of rotatable bonds is 6. The fraction of sp³-hybridized carbons (Fsp3) is 0.400. The van der Waals surface area contributed by atoms with Gasteiger partial charge in [-0.15, -0.1) is 0 Å². The van der Waals surface area contributed by atoms with E-state index in [9.17, 15) is 14.4 Å². The van der Waals surface area contributed by atoms with Crippen LogP contribution in [-0.2, 0) is 15.1 Å². The smallest absolute Gasteiger partial charge is 0.325 e. The van der Waals surface area contributed by atoms with E-state index >= 15 is 0 Å². The summed E-state index contributed by atoms with van der Waals surface area (Å²) in [5.41, 5.74) is -0.440. The van der Waals surface area contributed by atoms with E-state index in [2.05, 4.69) is 10.6 Å². The van der Waals surface area contributed by atoms with Gasteiger partial charge >= 0.3 is 6.03 Å². The molecular weight excluding hydrogens is 286 g/mol. The van der Waals surface area contributed by atoms with Gasteiger partial charge in [0.2, 0.25) is 5.91 Å². The average Bonchev–Trinajstić information content (AvgIpc) is 2.79. The summed E-state index contributed by atoms with van der Waals surface area (Å²) in [6.07, 6.45) is 0.385. The van der Waals surface area contributed by atoms with E-state index in [-0.39, 0.29) is 19.7 Å². The van der Waals surface area contributed by atoms with Gasteiger partial charge in [-0.2, -0.15) is 0 Å². The summed E-state index contributed by atoms with van der Waals surface area (Å²) in [5.74, 6) is -0.928. The molecule has 1 aromatic carbocycles. The second-order valence-corrected chi connectivity index (χ2v) is 5.02. The predicted octanol–water partition coefficient (Wildman–Crippen LogP) is -0.0478. The molecule has 1 fully saturated rings. The normalized spacial score (nSPS) is 20.9. The van der Waals surface area contributed by atoms with E-state index in [1.54, 1.807) is 31.2 Å². The van der Waals surface area contributed by atoms with Gasteiger partial charge in [-0.3, -0.25) is 14.5 Å². The molecule has 1 atom stereocenters. The molecule has 2 rings (SSSR count). The zero-order valence-corrected chi connectivity index (χ0v) is 12.3. The van der Waals surface area contributed by atoms with Crippen molar-refractivity contribution >= 4 is 17.8 Å². The number of hydrogen-bond acceptors (Lipinski definition) is 4. The number of aliphatic hydroxyl groups is 1. The quantitative estimate of drug-likeness (QED) is 0.642. The highest BCUT2D eigenvalue weighted by Gasteiger charge is 2.51. The molecule has 0 unspecified atom stereocenters. The summed E-state index contributed by atoms with van der Waals surface area (Å²) in [6, 6.07) is 8.38. The van der Waals surface area contributed by atoms with Crippen LogP contribution in [0.25, 0.3) is 0 Å². The van der Waals surface area contributed by atoms with Crippen LogP contribution in [0, 0.1) is 0 Å². The number of benzene rings is 1. The van der Waals surface area contributed by atoms with Gasteiger partial charge in [-0.25, -0.2) is 4.79 Å².